The van der Waals surface area contributed by atoms with Crippen LogP contribution in [0.4, 0.5) is 0 Å². The molecule has 0 rings (SSSR count). The van der Waals surface area contributed by atoms with Gasteiger partial charge in [-0.2, -0.15) is 0 Å². The van der Waals surface area contributed by atoms with Gasteiger partial charge in [-0.25, -0.2) is 0 Å². The van der Waals surface area contributed by atoms with E-state index >= 15 is 0 Å². The zero-order chi connectivity index (χ0) is 38.6. The van der Waals surface area contributed by atoms with Crippen molar-refractivity contribution in [1.82, 2.24) is 0 Å². The van der Waals surface area contributed by atoms with E-state index in [1.165, 1.54) is 77.0 Å². The van der Waals surface area contributed by atoms with Crippen molar-refractivity contribution in [2.75, 3.05) is 54.1 Å². The van der Waals surface area contributed by atoms with Gasteiger partial charge < -0.3 is 33.0 Å². The molecular formula is C42H82NO8P. The van der Waals surface area contributed by atoms with Gasteiger partial charge >= 0.3 is 5.97 Å². The second-order valence-electron chi connectivity index (χ2n) is 15.6. The number of likely N-dealkylation sites (N-methyl/N-ethyl adjacent to an activating group) is 1. The largest absolute Gasteiger partial charge is 0.756 e. The van der Waals surface area contributed by atoms with E-state index in [4.69, 9.17) is 18.5 Å². The van der Waals surface area contributed by atoms with Gasteiger partial charge in [0.05, 0.1) is 40.5 Å². The van der Waals surface area contributed by atoms with E-state index in [9.17, 15) is 19.4 Å². The molecule has 0 fully saturated rings. The Hall–Kier alpha value is -1.06. The summed E-state index contributed by atoms with van der Waals surface area (Å²) in [6.07, 6.45) is 35.0. The number of ether oxygens (including phenoxy) is 2. The SMILES string of the molecule is CCCCCCCCCCCCCCCCOCC(COP(=O)([O-])OCC[N+](C)(C)C)OC(=O)CCCCCCC/C=C\C=C\C(O)CCCCC. The molecule has 0 bridgehead atoms. The van der Waals surface area contributed by atoms with Crippen LogP contribution in [0.15, 0.2) is 24.3 Å². The molecule has 3 atom stereocenters. The van der Waals surface area contributed by atoms with Crippen LogP contribution in [0.25, 0.3) is 0 Å². The first-order valence-electron chi connectivity index (χ1n) is 21.2. The molecule has 52 heavy (non-hydrogen) atoms. The second kappa shape index (κ2) is 35.6. The fraction of sp³-hybridized carbons (Fsp3) is 0.881. The van der Waals surface area contributed by atoms with Crippen molar-refractivity contribution in [2.24, 2.45) is 0 Å². The number of quaternary nitrogens is 1. The van der Waals surface area contributed by atoms with Crippen LogP contribution in [-0.2, 0) is 27.9 Å². The molecular weight excluding hydrogens is 677 g/mol. The number of hydrogen-bond donors (Lipinski definition) is 1. The van der Waals surface area contributed by atoms with Gasteiger partial charge in [0.1, 0.15) is 19.3 Å². The molecule has 1 N–H and O–H groups in total. The molecule has 0 aliphatic carbocycles. The quantitative estimate of drug-likeness (QED) is 0.0217. The highest BCUT2D eigenvalue weighted by Crippen LogP contribution is 2.38. The Morgan fingerprint density at radius 3 is 1.83 bits per heavy atom. The molecule has 0 radical (unpaired) electrons. The van der Waals surface area contributed by atoms with Crippen LogP contribution in [0, 0.1) is 0 Å². The Morgan fingerprint density at radius 2 is 1.23 bits per heavy atom. The molecule has 9 nitrogen and oxygen atoms in total. The molecule has 0 aromatic rings. The number of carbonyl (C=O) groups excluding carboxylic acids is 1. The minimum atomic E-state index is -4.53. The summed E-state index contributed by atoms with van der Waals surface area (Å²) < 4.78 is 34.5. The van der Waals surface area contributed by atoms with E-state index in [-0.39, 0.29) is 38.3 Å². The lowest BCUT2D eigenvalue weighted by Gasteiger charge is -2.28. The van der Waals surface area contributed by atoms with Gasteiger partial charge in [0.25, 0.3) is 7.82 Å². The lowest BCUT2D eigenvalue weighted by molar-refractivity contribution is -0.870. The van der Waals surface area contributed by atoms with Crippen molar-refractivity contribution in [3.8, 4) is 0 Å². The van der Waals surface area contributed by atoms with E-state index in [1.54, 1.807) is 0 Å². The van der Waals surface area contributed by atoms with Crippen LogP contribution in [-0.4, -0.2) is 81.9 Å². The number of unbranched alkanes of at least 4 members (excludes halogenated alkanes) is 20. The topological polar surface area (TPSA) is 114 Å². The van der Waals surface area contributed by atoms with Crippen LogP contribution in [0.5, 0.6) is 0 Å². The third-order valence-electron chi connectivity index (χ3n) is 9.11. The van der Waals surface area contributed by atoms with E-state index in [1.807, 2.05) is 39.4 Å². The average Bonchev–Trinajstić information content (AvgIpc) is 3.08. The number of aliphatic hydroxyl groups is 1. The Balaban J connectivity index is 4.32. The summed E-state index contributed by atoms with van der Waals surface area (Å²) >= 11 is 0. The number of aliphatic hydroxyl groups excluding tert-OH is 1. The molecule has 0 aliphatic heterocycles. The fourth-order valence-electron chi connectivity index (χ4n) is 5.74. The predicted molar refractivity (Wildman–Crippen MR) is 214 cm³/mol. The average molecular weight is 760 g/mol. The number of phosphoric acid groups is 1. The minimum Gasteiger partial charge on any atom is -0.756 e. The summed E-state index contributed by atoms with van der Waals surface area (Å²) in [4.78, 5) is 25.0. The Bertz CT molecular complexity index is 907. The van der Waals surface area contributed by atoms with Crippen molar-refractivity contribution in [3.63, 3.8) is 0 Å². The van der Waals surface area contributed by atoms with Crippen LogP contribution >= 0.6 is 7.82 Å². The van der Waals surface area contributed by atoms with Gasteiger partial charge in [-0.15, -0.1) is 0 Å². The van der Waals surface area contributed by atoms with Crippen LogP contribution in [0.1, 0.15) is 174 Å². The minimum absolute atomic E-state index is 0.0149. The number of carbonyl (C=O) groups is 1. The third-order valence-corrected chi connectivity index (χ3v) is 10.1. The maximum atomic E-state index is 12.6. The van der Waals surface area contributed by atoms with Gasteiger partial charge in [-0.05, 0) is 32.1 Å². The van der Waals surface area contributed by atoms with Crippen molar-refractivity contribution >= 4 is 13.8 Å². The van der Waals surface area contributed by atoms with Crippen molar-refractivity contribution < 1.29 is 42.4 Å². The van der Waals surface area contributed by atoms with E-state index in [0.717, 1.165) is 77.0 Å². The number of esters is 1. The first-order chi connectivity index (χ1) is 25.0. The molecule has 0 saturated carbocycles. The zero-order valence-corrected chi connectivity index (χ0v) is 35.3. The number of rotatable bonds is 39. The summed E-state index contributed by atoms with van der Waals surface area (Å²) in [5.74, 6) is -0.369. The van der Waals surface area contributed by atoms with Gasteiger partial charge in [0.15, 0.2) is 0 Å². The van der Waals surface area contributed by atoms with E-state index in [0.29, 0.717) is 17.6 Å². The molecule has 0 aromatic heterocycles. The molecule has 0 amide bonds. The monoisotopic (exact) mass is 760 g/mol. The van der Waals surface area contributed by atoms with Crippen molar-refractivity contribution in [3.05, 3.63) is 24.3 Å². The molecule has 0 saturated heterocycles. The number of hydrogen-bond acceptors (Lipinski definition) is 8. The van der Waals surface area contributed by atoms with Crippen LogP contribution in [0.3, 0.4) is 0 Å². The fourth-order valence-corrected chi connectivity index (χ4v) is 6.47. The molecule has 0 aliphatic rings. The Kier molecular flexibility index (Phi) is 34.9. The zero-order valence-electron chi connectivity index (χ0n) is 34.4. The first-order valence-corrected chi connectivity index (χ1v) is 22.6. The Labute approximate surface area is 320 Å². The number of allylic oxidation sites excluding steroid dienone is 3. The maximum Gasteiger partial charge on any atom is 0.306 e. The molecule has 3 unspecified atom stereocenters. The number of nitrogens with zero attached hydrogens (tertiary/aromatic N) is 1. The van der Waals surface area contributed by atoms with Crippen molar-refractivity contribution in [1.29, 1.82) is 0 Å². The summed E-state index contributed by atoms with van der Waals surface area (Å²) in [6, 6.07) is 0. The normalized spacial score (nSPS) is 14.7. The lowest BCUT2D eigenvalue weighted by Crippen LogP contribution is -2.37. The van der Waals surface area contributed by atoms with Gasteiger partial charge in [0, 0.05) is 13.0 Å². The summed E-state index contributed by atoms with van der Waals surface area (Å²) in [6.45, 7) is 5.25. The molecule has 10 heteroatoms. The maximum absolute atomic E-state index is 12.6. The molecule has 0 heterocycles. The Morgan fingerprint density at radius 1 is 0.692 bits per heavy atom. The lowest BCUT2D eigenvalue weighted by atomic mass is 10.0. The molecule has 0 spiro atoms. The molecule has 308 valence electrons. The standard InChI is InChI=1S/C42H82NO8P/c1-6-8-10-11-12-13-14-15-16-17-21-24-27-31-36-48-38-41(39-50-52(46,47)49-37-35-43(3,4)5)51-42(45)34-30-26-23-20-18-19-22-25-29-33-40(44)32-28-9-7-2/h22,25,29,33,40-41,44H,6-21,23-24,26-28,30-32,34-39H2,1-5H3/b25-22-,33-29+. The van der Waals surface area contributed by atoms with E-state index in [2.05, 4.69) is 19.9 Å². The van der Waals surface area contributed by atoms with Crippen LogP contribution in [0.2, 0.25) is 0 Å². The van der Waals surface area contributed by atoms with Gasteiger partial charge in [0.2, 0.25) is 0 Å². The van der Waals surface area contributed by atoms with Gasteiger partial charge in [-0.1, -0.05) is 160 Å². The highest BCUT2D eigenvalue weighted by molar-refractivity contribution is 7.45. The molecule has 0 aromatic carbocycles. The highest BCUT2D eigenvalue weighted by Gasteiger charge is 2.20. The first kappa shape index (κ1) is 50.9. The summed E-state index contributed by atoms with van der Waals surface area (Å²) in [7, 11) is 1.32. The summed E-state index contributed by atoms with van der Waals surface area (Å²) in [5.41, 5.74) is 0. The highest BCUT2D eigenvalue weighted by atomic mass is 31.2. The van der Waals surface area contributed by atoms with Crippen LogP contribution < -0.4 is 4.89 Å². The van der Waals surface area contributed by atoms with Crippen molar-refractivity contribution in [2.45, 2.75) is 187 Å². The van der Waals surface area contributed by atoms with E-state index < -0.39 is 13.9 Å². The number of phosphoric ester groups is 1. The van der Waals surface area contributed by atoms with Gasteiger partial charge in [-0.3, -0.25) is 9.36 Å². The predicted octanol–water partition coefficient (Wildman–Crippen LogP) is 10.4. The smallest absolute Gasteiger partial charge is 0.306 e. The third kappa shape index (κ3) is 38.7. The second-order valence-corrected chi connectivity index (χ2v) is 17.0. The summed E-state index contributed by atoms with van der Waals surface area (Å²) in [5, 5.41) is 9.93.